The first-order valence-electron chi connectivity index (χ1n) is 7.42. The molecule has 0 spiro atoms. The van der Waals surface area contributed by atoms with E-state index in [1.54, 1.807) is 4.68 Å². The number of halogens is 1. The maximum absolute atomic E-state index is 7.71. The zero-order valence-electron chi connectivity index (χ0n) is 13.0. The molecule has 0 bridgehead atoms. The smallest absolute Gasteiger partial charge is 0.163 e. The van der Waals surface area contributed by atoms with Gasteiger partial charge >= 0.3 is 0 Å². The first kappa shape index (κ1) is 15.4. The number of hydrogen-bond donors (Lipinski definition) is 1. The fourth-order valence-electron chi connectivity index (χ4n) is 2.37. The lowest BCUT2D eigenvalue weighted by Gasteiger charge is -2.10. The van der Waals surface area contributed by atoms with Crippen LogP contribution in [0, 0.1) is 5.41 Å². The summed E-state index contributed by atoms with van der Waals surface area (Å²) in [5.74, 6) is 0.898. The summed E-state index contributed by atoms with van der Waals surface area (Å²) in [6.07, 6.45) is 3.13. The van der Waals surface area contributed by atoms with Gasteiger partial charge in [0.1, 0.15) is 5.15 Å². The Bertz CT molecular complexity index is 837. The molecule has 5 heteroatoms. The Morgan fingerprint density at radius 2 is 1.91 bits per heavy atom. The molecule has 0 radical (unpaired) electrons. The highest BCUT2D eigenvalue weighted by Gasteiger charge is 2.14. The largest absolute Gasteiger partial charge is 0.308 e. The molecule has 0 aliphatic carbocycles. The minimum absolute atomic E-state index is 0.332. The van der Waals surface area contributed by atoms with E-state index in [1.807, 2.05) is 48.7 Å². The van der Waals surface area contributed by atoms with Crippen LogP contribution in [0.25, 0.3) is 16.9 Å². The number of aromatic nitrogens is 3. The summed E-state index contributed by atoms with van der Waals surface area (Å²) in [5.41, 5.74) is 3.44. The van der Waals surface area contributed by atoms with Crippen LogP contribution in [0.1, 0.15) is 31.0 Å². The SMILES string of the molecule is CC(C)c1ccn(-c2nc(Cl)c(-c3ccccc3)cc2C=N)n1. The normalized spacial score (nSPS) is 11.0. The topological polar surface area (TPSA) is 54.6 Å². The van der Waals surface area contributed by atoms with Crippen molar-refractivity contribution in [3.05, 3.63) is 65.1 Å². The average Bonchev–Trinajstić information content (AvgIpc) is 3.05. The molecule has 4 nitrogen and oxygen atoms in total. The van der Waals surface area contributed by atoms with Crippen molar-refractivity contribution in [2.75, 3.05) is 0 Å². The number of nitrogens with one attached hydrogen (secondary N) is 1. The highest BCUT2D eigenvalue weighted by Crippen LogP contribution is 2.29. The Balaban J connectivity index is 2.12. The van der Waals surface area contributed by atoms with E-state index in [1.165, 1.54) is 6.21 Å². The molecule has 3 rings (SSSR count). The number of benzene rings is 1. The Labute approximate surface area is 140 Å². The van der Waals surface area contributed by atoms with Gasteiger partial charge in [0.25, 0.3) is 0 Å². The summed E-state index contributed by atoms with van der Waals surface area (Å²) in [6, 6.07) is 13.6. The van der Waals surface area contributed by atoms with Crippen LogP contribution in [0.2, 0.25) is 5.15 Å². The number of hydrogen-bond acceptors (Lipinski definition) is 3. The lowest BCUT2D eigenvalue weighted by molar-refractivity contribution is 0.757. The van der Waals surface area contributed by atoms with E-state index < -0.39 is 0 Å². The van der Waals surface area contributed by atoms with Crippen molar-refractivity contribution in [3.63, 3.8) is 0 Å². The number of rotatable bonds is 4. The molecule has 3 aromatic rings. The number of pyridine rings is 1. The zero-order chi connectivity index (χ0) is 16.4. The lowest BCUT2D eigenvalue weighted by Crippen LogP contribution is -2.05. The second kappa shape index (κ2) is 6.34. The Hall–Kier alpha value is -2.46. The van der Waals surface area contributed by atoms with E-state index in [4.69, 9.17) is 17.0 Å². The van der Waals surface area contributed by atoms with Gasteiger partial charge in [-0.25, -0.2) is 9.67 Å². The first-order valence-corrected chi connectivity index (χ1v) is 7.80. The van der Waals surface area contributed by atoms with Crippen molar-refractivity contribution >= 4 is 17.8 Å². The molecule has 116 valence electrons. The van der Waals surface area contributed by atoms with Gasteiger partial charge in [0.05, 0.1) is 5.69 Å². The minimum Gasteiger partial charge on any atom is -0.308 e. The van der Waals surface area contributed by atoms with E-state index in [-0.39, 0.29) is 0 Å². The van der Waals surface area contributed by atoms with Gasteiger partial charge in [-0.1, -0.05) is 55.8 Å². The van der Waals surface area contributed by atoms with Crippen molar-refractivity contribution in [2.24, 2.45) is 0 Å². The summed E-state index contributed by atoms with van der Waals surface area (Å²) in [4.78, 5) is 4.48. The van der Waals surface area contributed by atoms with Crippen LogP contribution in [0.15, 0.2) is 48.7 Å². The van der Waals surface area contributed by atoms with E-state index in [0.29, 0.717) is 22.5 Å². The predicted molar refractivity (Wildman–Crippen MR) is 93.8 cm³/mol. The molecule has 2 heterocycles. The summed E-state index contributed by atoms with van der Waals surface area (Å²) in [7, 11) is 0. The summed E-state index contributed by atoms with van der Waals surface area (Å²) in [6.45, 7) is 4.17. The lowest BCUT2D eigenvalue weighted by atomic mass is 10.1. The molecule has 0 saturated carbocycles. The van der Waals surface area contributed by atoms with Crippen molar-refractivity contribution in [1.82, 2.24) is 14.8 Å². The van der Waals surface area contributed by atoms with Crippen LogP contribution in [0.3, 0.4) is 0 Å². The molecule has 0 aliphatic rings. The molecule has 0 aliphatic heterocycles. The average molecular weight is 325 g/mol. The van der Waals surface area contributed by atoms with Gasteiger partial charge in [0, 0.05) is 23.5 Å². The Morgan fingerprint density at radius 1 is 1.17 bits per heavy atom. The van der Waals surface area contributed by atoms with Crippen molar-refractivity contribution in [3.8, 4) is 16.9 Å². The second-order valence-corrected chi connectivity index (χ2v) is 5.95. The maximum atomic E-state index is 7.71. The third kappa shape index (κ3) is 3.03. The minimum atomic E-state index is 0.332. The third-order valence-electron chi connectivity index (χ3n) is 3.64. The van der Waals surface area contributed by atoms with Gasteiger partial charge in [0.2, 0.25) is 0 Å². The Kier molecular flexibility index (Phi) is 4.26. The zero-order valence-corrected chi connectivity index (χ0v) is 13.7. The third-order valence-corrected chi connectivity index (χ3v) is 3.93. The summed E-state index contributed by atoms with van der Waals surface area (Å²) < 4.78 is 1.68. The molecule has 0 atom stereocenters. The predicted octanol–water partition coefficient (Wildman–Crippen LogP) is 4.71. The Morgan fingerprint density at radius 3 is 2.52 bits per heavy atom. The molecule has 0 fully saturated rings. The first-order chi connectivity index (χ1) is 11.1. The quantitative estimate of drug-likeness (QED) is 0.558. The van der Waals surface area contributed by atoms with Gasteiger partial charge in [-0.15, -0.1) is 0 Å². The molecule has 1 aromatic carbocycles. The number of nitrogens with zero attached hydrogens (tertiary/aromatic N) is 3. The van der Waals surface area contributed by atoms with E-state index in [2.05, 4.69) is 23.9 Å². The van der Waals surface area contributed by atoms with Crippen LogP contribution >= 0.6 is 11.6 Å². The molecule has 23 heavy (non-hydrogen) atoms. The fraction of sp³-hybridized carbons (Fsp3) is 0.167. The molecular weight excluding hydrogens is 308 g/mol. The molecule has 1 N–H and O–H groups in total. The van der Waals surface area contributed by atoms with E-state index in [0.717, 1.165) is 16.8 Å². The van der Waals surface area contributed by atoms with E-state index in [9.17, 15) is 0 Å². The van der Waals surface area contributed by atoms with Gasteiger partial charge < -0.3 is 5.41 Å². The van der Waals surface area contributed by atoms with Crippen molar-refractivity contribution in [2.45, 2.75) is 19.8 Å². The fourth-order valence-corrected chi connectivity index (χ4v) is 2.61. The summed E-state index contributed by atoms with van der Waals surface area (Å²) >= 11 is 6.38. The summed E-state index contributed by atoms with van der Waals surface area (Å²) in [5, 5.41) is 12.6. The molecule has 2 aromatic heterocycles. The van der Waals surface area contributed by atoms with Crippen LogP contribution in [0.4, 0.5) is 0 Å². The van der Waals surface area contributed by atoms with Gasteiger partial charge in [0.15, 0.2) is 5.82 Å². The monoisotopic (exact) mass is 324 g/mol. The van der Waals surface area contributed by atoms with Crippen molar-refractivity contribution < 1.29 is 0 Å². The van der Waals surface area contributed by atoms with Gasteiger partial charge in [-0.3, -0.25) is 0 Å². The molecule has 0 saturated heterocycles. The maximum Gasteiger partial charge on any atom is 0.163 e. The van der Waals surface area contributed by atoms with E-state index >= 15 is 0 Å². The van der Waals surface area contributed by atoms with Crippen LogP contribution < -0.4 is 0 Å². The standard InChI is InChI=1S/C18H17ClN4/c1-12(2)16-8-9-23(22-16)18-14(11-20)10-15(17(19)21-18)13-6-4-3-5-7-13/h3-12,20H,1-2H3. The second-order valence-electron chi connectivity index (χ2n) is 5.59. The van der Waals surface area contributed by atoms with Crippen LogP contribution in [-0.2, 0) is 0 Å². The molecular formula is C18H17ClN4. The molecule has 0 unspecified atom stereocenters. The van der Waals surface area contributed by atoms with Crippen molar-refractivity contribution in [1.29, 1.82) is 5.41 Å². The van der Waals surface area contributed by atoms with Crippen LogP contribution in [-0.4, -0.2) is 21.0 Å². The van der Waals surface area contributed by atoms with Crippen LogP contribution in [0.5, 0.6) is 0 Å². The highest BCUT2D eigenvalue weighted by atomic mass is 35.5. The highest BCUT2D eigenvalue weighted by molar-refractivity contribution is 6.32. The van der Waals surface area contributed by atoms with Gasteiger partial charge in [-0.05, 0) is 23.6 Å². The molecule has 0 amide bonds. The van der Waals surface area contributed by atoms with Gasteiger partial charge in [-0.2, -0.15) is 5.10 Å².